The monoisotopic (exact) mass is 447 g/mol. The van der Waals surface area contributed by atoms with Gasteiger partial charge in [-0.05, 0) is 35.7 Å². The topological polar surface area (TPSA) is 70.7 Å². The molecular weight excluding hydrogens is 422 g/mol. The van der Waals surface area contributed by atoms with Gasteiger partial charge in [-0.2, -0.15) is 0 Å². The average Bonchev–Trinajstić information content (AvgIpc) is 3.21. The summed E-state index contributed by atoms with van der Waals surface area (Å²) in [6.07, 6.45) is 1.90. The molecule has 0 aliphatic carbocycles. The number of nitrogens with one attached hydrogen (secondary N) is 2. The Balaban J connectivity index is 1.71. The van der Waals surface area contributed by atoms with E-state index >= 15 is 0 Å². The molecule has 2 aliphatic rings. The van der Waals surface area contributed by atoms with Crippen LogP contribution in [-0.2, 0) is 9.53 Å². The average molecular weight is 448 g/mol. The quantitative estimate of drug-likeness (QED) is 0.666. The van der Waals surface area contributed by atoms with E-state index in [1.165, 1.54) is 11.3 Å². The van der Waals surface area contributed by atoms with Gasteiger partial charge >= 0.3 is 0 Å². The SMILES string of the molecule is CCCCNC(=O)[C@@H]1NC(=O)c2sc(N3CCOCC3)cc2[C@H]1c1ccc(Cl)cc1. The molecule has 0 unspecified atom stereocenters. The summed E-state index contributed by atoms with van der Waals surface area (Å²) in [6.45, 7) is 5.64. The fraction of sp³-hybridized carbons (Fsp3) is 0.455. The number of rotatable bonds is 6. The number of hydrogen-bond acceptors (Lipinski definition) is 5. The Kier molecular flexibility index (Phi) is 6.61. The van der Waals surface area contributed by atoms with Gasteiger partial charge in [0, 0.05) is 30.6 Å². The van der Waals surface area contributed by atoms with E-state index in [0.717, 1.165) is 42.1 Å². The molecule has 3 heterocycles. The highest BCUT2D eigenvalue weighted by atomic mass is 35.5. The third-order valence-electron chi connectivity index (χ3n) is 5.57. The zero-order valence-corrected chi connectivity index (χ0v) is 18.5. The number of carbonyl (C=O) groups is 2. The van der Waals surface area contributed by atoms with Crippen LogP contribution in [0.25, 0.3) is 0 Å². The second kappa shape index (κ2) is 9.37. The number of morpholine rings is 1. The molecule has 6 nitrogen and oxygen atoms in total. The summed E-state index contributed by atoms with van der Waals surface area (Å²) in [6, 6.07) is 8.95. The van der Waals surface area contributed by atoms with E-state index in [-0.39, 0.29) is 17.7 Å². The first-order valence-corrected chi connectivity index (χ1v) is 11.6. The summed E-state index contributed by atoms with van der Waals surface area (Å²) in [5.41, 5.74) is 1.87. The van der Waals surface area contributed by atoms with E-state index in [4.69, 9.17) is 16.3 Å². The fourth-order valence-electron chi connectivity index (χ4n) is 3.97. The number of halogens is 1. The number of fused-ring (bicyclic) bond motifs is 1. The lowest BCUT2D eigenvalue weighted by Gasteiger charge is -2.32. The zero-order valence-electron chi connectivity index (χ0n) is 16.9. The van der Waals surface area contributed by atoms with Crippen molar-refractivity contribution in [2.75, 3.05) is 37.7 Å². The van der Waals surface area contributed by atoms with Gasteiger partial charge in [0.1, 0.15) is 6.04 Å². The second-order valence-electron chi connectivity index (χ2n) is 7.59. The third kappa shape index (κ3) is 4.33. The number of carbonyl (C=O) groups excluding carboxylic acids is 2. The maximum atomic E-state index is 13.0. The van der Waals surface area contributed by atoms with Gasteiger partial charge in [0.2, 0.25) is 5.91 Å². The van der Waals surface area contributed by atoms with E-state index in [1.54, 1.807) is 0 Å². The molecule has 2 N–H and O–H groups in total. The van der Waals surface area contributed by atoms with Crippen molar-refractivity contribution in [1.29, 1.82) is 0 Å². The molecular formula is C22H26ClN3O3S. The fourth-order valence-corrected chi connectivity index (χ4v) is 5.25. The molecule has 2 amide bonds. The minimum absolute atomic E-state index is 0.151. The van der Waals surface area contributed by atoms with Gasteiger partial charge < -0.3 is 20.3 Å². The van der Waals surface area contributed by atoms with Crippen molar-refractivity contribution in [1.82, 2.24) is 10.6 Å². The van der Waals surface area contributed by atoms with Gasteiger partial charge in [-0.15, -0.1) is 11.3 Å². The zero-order chi connectivity index (χ0) is 21.1. The van der Waals surface area contributed by atoms with Crippen LogP contribution in [0, 0.1) is 0 Å². The van der Waals surface area contributed by atoms with Gasteiger partial charge in [-0.25, -0.2) is 0 Å². The molecule has 1 aromatic carbocycles. The summed E-state index contributed by atoms with van der Waals surface area (Å²) >= 11 is 7.58. The lowest BCUT2D eigenvalue weighted by Crippen LogP contribution is -2.53. The van der Waals surface area contributed by atoms with Crippen molar-refractivity contribution in [3.8, 4) is 0 Å². The molecule has 0 bridgehead atoms. The highest BCUT2D eigenvalue weighted by Crippen LogP contribution is 2.42. The number of ether oxygens (including phenoxy) is 1. The summed E-state index contributed by atoms with van der Waals surface area (Å²) in [7, 11) is 0. The van der Waals surface area contributed by atoms with Gasteiger partial charge in [-0.3, -0.25) is 9.59 Å². The number of benzene rings is 1. The maximum Gasteiger partial charge on any atom is 0.262 e. The smallest absolute Gasteiger partial charge is 0.262 e. The van der Waals surface area contributed by atoms with Crippen LogP contribution in [0.4, 0.5) is 5.00 Å². The van der Waals surface area contributed by atoms with Crippen LogP contribution < -0.4 is 15.5 Å². The van der Waals surface area contributed by atoms with Gasteiger partial charge in [0.05, 0.1) is 23.1 Å². The minimum Gasteiger partial charge on any atom is -0.378 e. The van der Waals surface area contributed by atoms with Crippen molar-refractivity contribution >= 4 is 39.8 Å². The molecule has 0 spiro atoms. The van der Waals surface area contributed by atoms with Crippen LogP contribution in [0.15, 0.2) is 30.3 Å². The number of anilines is 1. The van der Waals surface area contributed by atoms with Crippen LogP contribution in [0.5, 0.6) is 0 Å². The number of amides is 2. The van der Waals surface area contributed by atoms with Crippen molar-refractivity contribution < 1.29 is 14.3 Å². The van der Waals surface area contributed by atoms with Gasteiger partial charge in [0.25, 0.3) is 5.91 Å². The molecule has 2 atom stereocenters. The van der Waals surface area contributed by atoms with Crippen molar-refractivity contribution in [2.24, 2.45) is 0 Å². The molecule has 1 aromatic heterocycles. The summed E-state index contributed by atoms with van der Waals surface area (Å²) in [5.74, 6) is -0.598. The standard InChI is InChI=1S/C22H26ClN3O3S/c1-2-3-8-24-21(27)19-18(14-4-6-15(23)7-5-14)16-13-17(26-9-11-29-12-10-26)30-20(16)22(28)25-19/h4-7,13,18-19H,2-3,8-12H2,1H3,(H,24,27)(H,25,28)/t18-,19-/m1/s1. The van der Waals surface area contributed by atoms with E-state index in [9.17, 15) is 9.59 Å². The normalized spacial score (nSPS) is 21.1. The Hall–Kier alpha value is -2.09. The number of hydrogen-bond donors (Lipinski definition) is 2. The Bertz CT molecular complexity index is 909. The highest BCUT2D eigenvalue weighted by Gasteiger charge is 2.40. The van der Waals surface area contributed by atoms with Crippen LogP contribution in [0.2, 0.25) is 5.02 Å². The van der Waals surface area contributed by atoms with Crippen LogP contribution in [0.3, 0.4) is 0 Å². The molecule has 0 radical (unpaired) electrons. The van der Waals surface area contributed by atoms with E-state index in [2.05, 4.69) is 28.5 Å². The first-order valence-electron chi connectivity index (χ1n) is 10.4. The first kappa shape index (κ1) is 21.2. The van der Waals surface area contributed by atoms with Crippen molar-refractivity contribution in [3.63, 3.8) is 0 Å². The van der Waals surface area contributed by atoms with E-state index in [0.29, 0.717) is 29.7 Å². The van der Waals surface area contributed by atoms with E-state index < -0.39 is 6.04 Å². The third-order valence-corrected chi connectivity index (χ3v) is 7.04. The van der Waals surface area contributed by atoms with E-state index in [1.807, 2.05) is 24.3 Å². The second-order valence-corrected chi connectivity index (χ2v) is 9.06. The van der Waals surface area contributed by atoms with Crippen LogP contribution in [-0.4, -0.2) is 50.7 Å². The molecule has 1 fully saturated rings. The van der Waals surface area contributed by atoms with Gasteiger partial charge in [-0.1, -0.05) is 37.1 Å². The maximum absolute atomic E-state index is 13.0. The number of nitrogens with zero attached hydrogens (tertiary/aromatic N) is 1. The lowest BCUT2D eigenvalue weighted by atomic mass is 9.82. The molecule has 160 valence electrons. The molecule has 2 aliphatic heterocycles. The lowest BCUT2D eigenvalue weighted by molar-refractivity contribution is -0.123. The van der Waals surface area contributed by atoms with Crippen molar-refractivity contribution in [2.45, 2.75) is 31.7 Å². The summed E-state index contributed by atoms with van der Waals surface area (Å²) < 4.78 is 5.46. The predicted molar refractivity (Wildman–Crippen MR) is 120 cm³/mol. The Morgan fingerprint density at radius 3 is 2.73 bits per heavy atom. The first-order chi connectivity index (χ1) is 14.6. The van der Waals surface area contributed by atoms with Gasteiger partial charge in [0.15, 0.2) is 0 Å². The molecule has 1 saturated heterocycles. The highest BCUT2D eigenvalue weighted by molar-refractivity contribution is 7.18. The molecule has 2 aromatic rings. The minimum atomic E-state index is -0.657. The largest absolute Gasteiger partial charge is 0.378 e. The number of thiophene rings is 1. The van der Waals surface area contributed by atoms with Crippen molar-refractivity contribution in [3.05, 3.63) is 51.4 Å². The molecule has 30 heavy (non-hydrogen) atoms. The van der Waals surface area contributed by atoms with Crippen LogP contribution in [0.1, 0.15) is 46.5 Å². The summed E-state index contributed by atoms with van der Waals surface area (Å²) in [5, 5.41) is 7.63. The van der Waals surface area contributed by atoms with Crippen LogP contribution >= 0.6 is 22.9 Å². The summed E-state index contributed by atoms with van der Waals surface area (Å²) in [4.78, 5) is 28.8. The Morgan fingerprint density at radius 1 is 1.30 bits per heavy atom. The number of unbranched alkanes of at least 4 members (excludes halogenated alkanes) is 1. The molecule has 0 saturated carbocycles. The molecule has 8 heteroatoms. The molecule has 4 rings (SSSR count). The Morgan fingerprint density at radius 2 is 2.03 bits per heavy atom. The predicted octanol–water partition coefficient (Wildman–Crippen LogP) is 3.40. The Labute approximate surface area is 185 Å².